The van der Waals surface area contributed by atoms with Crippen molar-refractivity contribution in [2.45, 2.75) is 92.3 Å². The summed E-state index contributed by atoms with van der Waals surface area (Å²) in [7, 11) is -1.27. The first-order valence-corrected chi connectivity index (χ1v) is 25.0. The van der Waals surface area contributed by atoms with E-state index in [1.165, 1.54) is 33.0 Å². The molecule has 0 bridgehead atoms. The van der Waals surface area contributed by atoms with Gasteiger partial charge in [0.15, 0.2) is 5.65 Å². The number of pyridine rings is 2. The number of benzene rings is 5. The van der Waals surface area contributed by atoms with Crippen LogP contribution >= 0.6 is 0 Å². The predicted molar refractivity (Wildman–Crippen MR) is 259 cm³/mol. The van der Waals surface area contributed by atoms with E-state index < -0.39 is 8.07 Å². The quantitative estimate of drug-likeness (QED) is 0.118. The minimum atomic E-state index is -1.27. The number of furan rings is 1. The first kappa shape index (κ1) is 44.6. The molecule has 0 fully saturated rings. The van der Waals surface area contributed by atoms with Crippen molar-refractivity contribution in [3.8, 4) is 39.5 Å². The number of aromatic nitrogens is 4. The SMILES string of the molecule is CC(C)c1cc(-c2ccccc2)cc(C(C)C)c1-n1c(-c2[c-]ccc3c2oc2ccccc23)nc2cc(C(C)(C)C)cnc21.Cc1cc(-c2[c-]cccc2)ncc1[Si](C)(C)C.[Ir]. The first-order chi connectivity index (χ1) is 29.1. The summed E-state index contributed by atoms with van der Waals surface area (Å²) >= 11 is 0. The van der Waals surface area contributed by atoms with Crippen molar-refractivity contribution in [3.05, 3.63) is 162 Å². The number of fused-ring (bicyclic) bond motifs is 4. The number of aryl methyl sites for hydroxylation is 1. The Labute approximate surface area is 382 Å². The number of rotatable bonds is 7. The van der Waals surface area contributed by atoms with Crippen LogP contribution in [0.5, 0.6) is 0 Å². The van der Waals surface area contributed by atoms with Crippen LogP contribution in [0.2, 0.25) is 19.6 Å². The van der Waals surface area contributed by atoms with Crippen molar-refractivity contribution in [1.82, 2.24) is 19.5 Å². The second-order valence-electron chi connectivity index (χ2n) is 18.9. The summed E-state index contributed by atoms with van der Waals surface area (Å²) in [5.41, 5.74) is 14.8. The van der Waals surface area contributed by atoms with Gasteiger partial charge in [-0.25, -0.2) is 4.98 Å². The van der Waals surface area contributed by atoms with Gasteiger partial charge in [-0.1, -0.05) is 139 Å². The van der Waals surface area contributed by atoms with Gasteiger partial charge in [0, 0.05) is 43.6 Å². The van der Waals surface area contributed by atoms with Gasteiger partial charge in [-0.05, 0) is 87.1 Å². The largest absolute Gasteiger partial charge is 0.501 e. The number of nitrogens with zero attached hydrogens (tertiary/aromatic N) is 4. The molecule has 4 aromatic heterocycles. The van der Waals surface area contributed by atoms with E-state index in [9.17, 15) is 0 Å². The second-order valence-corrected chi connectivity index (χ2v) is 23.9. The minimum absolute atomic E-state index is 0. The Morgan fingerprint density at radius 3 is 2.00 bits per heavy atom. The summed E-state index contributed by atoms with van der Waals surface area (Å²) in [6, 6.07) is 46.8. The Hall–Kier alpha value is -5.46. The van der Waals surface area contributed by atoms with Crippen molar-refractivity contribution in [2.75, 3.05) is 0 Å². The van der Waals surface area contributed by atoms with Crippen LogP contribution in [0.4, 0.5) is 0 Å². The van der Waals surface area contributed by atoms with Crippen molar-refractivity contribution in [3.63, 3.8) is 0 Å². The summed E-state index contributed by atoms with van der Waals surface area (Å²) in [6.07, 6.45) is 4.07. The molecular formula is C55H56IrN4OSi-2. The van der Waals surface area contributed by atoms with E-state index in [4.69, 9.17) is 14.4 Å². The van der Waals surface area contributed by atoms with E-state index in [1.807, 2.05) is 42.6 Å². The Balaban J connectivity index is 0.000000270. The molecule has 0 saturated carbocycles. The van der Waals surface area contributed by atoms with Crippen LogP contribution < -0.4 is 5.19 Å². The number of imidazole rings is 1. The minimum Gasteiger partial charge on any atom is -0.501 e. The molecular weight excluding hydrogens is 953 g/mol. The van der Waals surface area contributed by atoms with E-state index in [0.717, 1.165) is 67.0 Å². The molecule has 9 aromatic rings. The molecule has 0 N–H and O–H groups in total. The van der Waals surface area contributed by atoms with Gasteiger partial charge in [-0.2, -0.15) is 0 Å². The standard InChI is InChI=1S/C40H38N3O.C15H18NSi.Ir/c1-24(2)32-20-27(26-14-9-8-10-15-26)21-33(25(3)4)36(32)43-38(42-34-22-28(40(5,6)7)23-41-39(34)43)31-18-13-17-30-29-16-11-12-19-35(29)44-37(30)31;1-12-10-14(13-8-6-5-7-9-13)16-11-15(12)17(2,3)4;/h8-17,19-25H,1-7H3;5-8,10-11H,1-4H3;/q2*-1;. The summed E-state index contributed by atoms with van der Waals surface area (Å²) in [5.74, 6) is 1.31. The molecule has 62 heavy (non-hydrogen) atoms. The van der Waals surface area contributed by atoms with Gasteiger partial charge in [-0.3, -0.25) is 4.98 Å². The molecule has 5 nitrogen and oxygen atoms in total. The monoisotopic (exact) mass is 1010 g/mol. The molecule has 0 aliphatic heterocycles. The molecule has 9 rings (SSSR count). The van der Waals surface area contributed by atoms with E-state index in [1.54, 1.807) is 0 Å². The van der Waals surface area contributed by atoms with Crippen LogP contribution in [-0.2, 0) is 25.5 Å². The maximum Gasteiger partial charge on any atom is 0.155 e. The molecule has 4 heterocycles. The van der Waals surface area contributed by atoms with E-state index in [0.29, 0.717) is 0 Å². The Morgan fingerprint density at radius 1 is 0.694 bits per heavy atom. The molecule has 0 atom stereocenters. The summed E-state index contributed by atoms with van der Waals surface area (Å²) in [6.45, 7) is 25.0. The molecule has 0 spiro atoms. The van der Waals surface area contributed by atoms with Gasteiger partial charge in [0.25, 0.3) is 0 Å². The zero-order valence-electron chi connectivity index (χ0n) is 37.8. The van der Waals surface area contributed by atoms with Crippen LogP contribution in [0.1, 0.15) is 82.6 Å². The predicted octanol–water partition coefficient (Wildman–Crippen LogP) is 14.4. The summed E-state index contributed by atoms with van der Waals surface area (Å²) in [5, 5.41) is 3.59. The molecule has 0 aliphatic rings. The maximum atomic E-state index is 6.53. The van der Waals surface area contributed by atoms with Crippen LogP contribution in [0.3, 0.4) is 0 Å². The zero-order valence-corrected chi connectivity index (χ0v) is 41.2. The molecule has 0 saturated heterocycles. The molecule has 0 unspecified atom stereocenters. The Kier molecular flexibility index (Phi) is 12.7. The van der Waals surface area contributed by atoms with Crippen molar-refractivity contribution < 1.29 is 24.5 Å². The zero-order chi connectivity index (χ0) is 43.2. The number of para-hydroxylation sites is 1. The molecule has 1 radical (unpaired) electrons. The molecule has 317 valence electrons. The van der Waals surface area contributed by atoms with E-state index >= 15 is 0 Å². The second kappa shape index (κ2) is 17.7. The van der Waals surface area contributed by atoms with E-state index in [-0.39, 0.29) is 37.4 Å². The molecule has 7 heteroatoms. The molecule has 0 aliphatic carbocycles. The molecule has 5 aromatic carbocycles. The fraction of sp³-hybridized carbons (Fsp3) is 0.255. The number of hydrogen-bond donors (Lipinski definition) is 0. The van der Waals surface area contributed by atoms with Gasteiger partial charge in [0.1, 0.15) is 5.58 Å². The van der Waals surface area contributed by atoms with Gasteiger partial charge in [0.05, 0.1) is 25.0 Å². The fourth-order valence-corrected chi connectivity index (χ4v) is 9.98. The van der Waals surface area contributed by atoms with Gasteiger partial charge >= 0.3 is 0 Å². The van der Waals surface area contributed by atoms with Crippen LogP contribution in [0.25, 0.3) is 72.6 Å². The van der Waals surface area contributed by atoms with Crippen molar-refractivity contribution >= 4 is 46.4 Å². The van der Waals surface area contributed by atoms with Crippen LogP contribution in [0.15, 0.2) is 132 Å². The third-order valence-electron chi connectivity index (χ3n) is 11.6. The Bertz CT molecular complexity index is 2980. The molecule has 0 amide bonds. The van der Waals surface area contributed by atoms with Crippen molar-refractivity contribution in [2.24, 2.45) is 0 Å². The van der Waals surface area contributed by atoms with Gasteiger partial charge in [-0.15, -0.1) is 54.1 Å². The topological polar surface area (TPSA) is 56.7 Å². The van der Waals surface area contributed by atoms with E-state index in [2.05, 4.69) is 182 Å². The normalized spacial score (nSPS) is 12.0. The summed E-state index contributed by atoms with van der Waals surface area (Å²) < 4.78 is 8.81. The Morgan fingerprint density at radius 2 is 1.37 bits per heavy atom. The van der Waals surface area contributed by atoms with Gasteiger partial charge in [0.2, 0.25) is 0 Å². The van der Waals surface area contributed by atoms with Gasteiger partial charge < -0.3 is 14.0 Å². The van der Waals surface area contributed by atoms with Crippen molar-refractivity contribution in [1.29, 1.82) is 0 Å². The third kappa shape index (κ3) is 8.77. The first-order valence-electron chi connectivity index (χ1n) is 21.5. The van der Waals surface area contributed by atoms with Crippen LogP contribution in [-0.4, -0.2) is 27.6 Å². The summed E-state index contributed by atoms with van der Waals surface area (Å²) in [4.78, 5) is 15.1. The third-order valence-corrected chi connectivity index (χ3v) is 13.7. The average molecular weight is 1010 g/mol. The number of hydrogen-bond acceptors (Lipinski definition) is 4. The smallest absolute Gasteiger partial charge is 0.155 e. The fourth-order valence-electron chi connectivity index (χ4n) is 8.27. The maximum absolute atomic E-state index is 6.53. The average Bonchev–Trinajstić information content (AvgIpc) is 3.81. The van der Waals surface area contributed by atoms with Crippen LogP contribution in [0, 0.1) is 19.1 Å².